The van der Waals surface area contributed by atoms with Gasteiger partial charge in [0.25, 0.3) is 0 Å². The topological polar surface area (TPSA) is 45.5 Å². The Labute approximate surface area is 91.7 Å². The zero-order chi connectivity index (χ0) is 10.7. The maximum Gasteiger partial charge on any atom is 0.124 e. The minimum absolute atomic E-state index is 0.679. The summed E-state index contributed by atoms with van der Waals surface area (Å²) in [6.07, 6.45) is 1.33. The summed E-state index contributed by atoms with van der Waals surface area (Å²) < 4.78 is 0. The van der Waals surface area contributed by atoms with E-state index >= 15 is 0 Å². The number of hydrogen-bond donors (Lipinski definition) is 1. The maximum atomic E-state index is 8.37. The van der Waals surface area contributed by atoms with Gasteiger partial charge in [-0.1, -0.05) is 35.0 Å². The molecule has 0 aliphatic heterocycles. The molecule has 1 N–H and O–H groups in total. The Balaban J connectivity index is 2.33. The quantitative estimate of drug-likeness (QED) is 0.478. The fourth-order valence-corrected chi connectivity index (χ4v) is 2.01. The number of thiazole rings is 1. The predicted octanol–water partition coefficient (Wildman–Crippen LogP) is 2.93. The highest BCUT2D eigenvalue weighted by atomic mass is 32.1. The Morgan fingerprint density at radius 1 is 1.33 bits per heavy atom. The first-order valence-corrected chi connectivity index (χ1v) is 5.37. The summed E-state index contributed by atoms with van der Waals surface area (Å²) in [6.45, 7) is 2.05. The van der Waals surface area contributed by atoms with E-state index < -0.39 is 0 Å². The average molecular weight is 218 g/mol. The van der Waals surface area contributed by atoms with Crippen molar-refractivity contribution in [3.05, 3.63) is 40.9 Å². The van der Waals surface area contributed by atoms with Crippen molar-refractivity contribution in [3.8, 4) is 10.6 Å². The Morgan fingerprint density at radius 3 is 2.73 bits per heavy atom. The first-order valence-electron chi connectivity index (χ1n) is 4.49. The molecule has 1 aromatic carbocycles. The van der Waals surface area contributed by atoms with Crippen molar-refractivity contribution in [1.82, 2.24) is 4.98 Å². The van der Waals surface area contributed by atoms with E-state index in [4.69, 9.17) is 5.21 Å². The molecule has 0 fully saturated rings. The lowest BCUT2D eigenvalue weighted by Crippen LogP contribution is -1.81. The summed E-state index contributed by atoms with van der Waals surface area (Å²) in [5, 5.41) is 14.1. The van der Waals surface area contributed by atoms with Crippen LogP contribution in [-0.2, 0) is 0 Å². The third-order valence-corrected chi connectivity index (χ3v) is 2.92. The molecule has 0 spiro atoms. The second kappa shape index (κ2) is 4.23. The van der Waals surface area contributed by atoms with Crippen LogP contribution in [0.15, 0.2) is 34.8 Å². The minimum atomic E-state index is 0.679. The number of benzene rings is 1. The van der Waals surface area contributed by atoms with Gasteiger partial charge in [0.15, 0.2) is 0 Å². The first kappa shape index (κ1) is 9.86. The third kappa shape index (κ3) is 2.22. The highest BCUT2D eigenvalue weighted by Gasteiger charge is 2.02. The fourth-order valence-electron chi connectivity index (χ4n) is 1.23. The first-order chi connectivity index (χ1) is 7.29. The van der Waals surface area contributed by atoms with Gasteiger partial charge in [0.2, 0.25) is 0 Å². The third-order valence-electron chi connectivity index (χ3n) is 2.01. The average Bonchev–Trinajstić information content (AvgIpc) is 2.68. The van der Waals surface area contributed by atoms with Crippen molar-refractivity contribution in [2.24, 2.45) is 5.16 Å². The second-order valence-corrected chi connectivity index (χ2v) is 4.05. The summed E-state index contributed by atoms with van der Waals surface area (Å²) in [5.41, 5.74) is 2.99. The van der Waals surface area contributed by atoms with Gasteiger partial charge in [0.1, 0.15) is 5.01 Å². The molecule has 3 nitrogen and oxygen atoms in total. The highest BCUT2D eigenvalue weighted by Crippen LogP contribution is 2.23. The lowest BCUT2D eigenvalue weighted by molar-refractivity contribution is 0.321. The van der Waals surface area contributed by atoms with E-state index in [0.717, 1.165) is 10.6 Å². The Kier molecular flexibility index (Phi) is 2.78. The van der Waals surface area contributed by atoms with Crippen molar-refractivity contribution in [2.75, 3.05) is 0 Å². The zero-order valence-corrected chi connectivity index (χ0v) is 9.03. The van der Waals surface area contributed by atoms with Gasteiger partial charge in [-0.2, -0.15) is 0 Å². The van der Waals surface area contributed by atoms with E-state index in [2.05, 4.69) is 29.2 Å². The predicted molar refractivity (Wildman–Crippen MR) is 61.7 cm³/mol. The molecular formula is C11H10N2OS. The van der Waals surface area contributed by atoms with Crippen molar-refractivity contribution >= 4 is 17.6 Å². The fraction of sp³-hybridized carbons (Fsp3) is 0.0909. The molecule has 0 aliphatic carbocycles. The highest BCUT2D eigenvalue weighted by molar-refractivity contribution is 7.13. The molecule has 2 rings (SSSR count). The Morgan fingerprint density at radius 2 is 2.07 bits per heavy atom. The standard InChI is InChI=1S/C11H10N2OS/c1-8-2-4-9(5-3-8)11-13-10(6-12-14)7-15-11/h2-7,14H,1H3/b12-6+. The lowest BCUT2D eigenvalue weighted by atomic mass is 10.2. The largest absolute Gasteiger partial charge is 0.411 e. The molecule has 0 saturated carbocycles. The van der Waals surface area contributed by atoms with Crippen molar-refractivity contribution in [2.45, 2.75) is 6.92 Å². The summed E-state index contributed by atoms with van der Waals surface area (Å²) in [5.74, 6) is 0. The van der Waals surface area contributed by atoms with Gasteiger partial charge in [0, 0.05) is 10.9 Å². The molecule has 0 atom stereocenters. The van der Waals surface area contributed by atoms with E-state index in [-0.39, 0.29) is 0 Å². The number of rotatable bonds is 2. The van der Waals surface area contributed by atoms with E-state index in [0.29, 0.717) is 5.69 Å². The van der Waals surface area contributed by atoms with Crippen LogP contribution in [0.2, 0.25) is 0 Å². The molecule has 0 aliphatic rings. The van der Waals surface area contributed by atoms with Crippen LogP contribution in [0.5, 0.6) is 0 Å². The van der Waals surface area contributed by atoms with Gasteiger partial charge in [-0.05, 0) is 6.92 Å². The summed E-state index contributed by atoms with van der Waals surface area (Å²) in [4.78, 5) is 4.31. The van der Waals surface area contributed by atoms with Crippen LogP contribution in [0.3, 0.4) is 0 Å². The molecule has 0 unspecified atom stereocenters. The van der Waals surface area contributed by atoms with E-state index in [9.17, 15) is 0 Å². The SMILES string of the molecule is Cc1ccc(-c2nc(/C=N/O)cs2)cc1. The maximum absolute atomic E-state index is 8.37. The number of aromatic nitrogens is 1. The normalized spacial score (nSPS) is 11.0. The zero-order valence-electron chi connectivity index (χ0n) is 8.21. The number of nitrogens with zero attached hydrogens (tertiary/aromatic N) is 2. The van der Waals surface area contributed by atoms with Gasteiger partial charge in [0.05, 0.1) is 11.9 Å². The molecule has 2 aromatic rings. The molecule has 0 saturated heterocycles. The minimum Gasteiger partial charge on any atom is -0.411 e. The van der Waals surface area contributed by atoms with Crippen LogP contribution in [0.4, 0.5) is 0 Å². The van der Waals surface area contributed by atoms with Crippen LogP contribution >= 0.6 is 11.3 Å². The van der Waals surface area contributed by atoms with E-state index in [1.165, 1.54) is 23.1 Å². The number of oxime groups is 1. The molecule has 15 heavy (non-hydrogen) atoms. The number of hydrogen-bond acceptors (Lipinski definition) is 4. The van der Waals surface area contributed by atoms with Gasteiger partial charge in [-0.15, -0.1) is 11.3 Å². The lowest BCUT2D eigenvalue weighted by Gasteiger charge is -1.95. The summed E-state index contributed by atoms with van der Waals surface area (Å²) >= 11 is 1.53. The smallest absolute Gasteiger partial charge is 0.124 e. The van der Waals surface area contributed by atoms with E-state index in [1.807, 2.05) is 17.5 Å². The van der Waals surface area contributed by atoms with Gasteiger partial charge in [-0.3, -0.25) is 0 Å². The Hall–Kier alpha value is -1.68. The molecule has 0 amide bonds. The number of aryl methyl sites for hydroxylation is 1. The van der Waals surface area contributed by atoms with Crippen molar-refractivity contribution < 1.29 is 5.21 Å². The van der Waals surface area contributed by atoms with E-state index in [1.54, 1.807) is 0 Å². The molecule has 1 aromatic heterocycles. The molecule has 0 bridgehead atoms. The van der Waals surface area contributed by atoms with Gasteiger partial charge >= 0.3 is 0 Å². The van der Waals surface area contributed by atoms with Crippen LogP contribution in [-0.4, -0.2) is 16.4 Å². The van der Waals surface area contributed by atoms with Crippen molar-refractivity contribution in [1.29, 1.82) is 0 Å². The molecule has 0 radical (unpaired) electrons. The molecular weight excluding hydrogens is 208 g/mol. The van der Waals surface area contributed by atoms with Crippen LogP contribution in [0.1, 0.15) is 11.3 Å². The molecule has 76 valence electrons. The van der Waals surface area contributed by atoms with Crippen LogP contribution in [0, 0.1) is 6.92 Å². The van der Waals surface area contributed by atoms with Gasteiger partial charge < -0.3 is 5.21 Å². The Bertz CT molecular complexity index is 474. The van der Waals surface area contributed by atoms with Crippen molar-refractivity contribution in [3.63, 3.8) is 0 Å². The second-order valence-electron chi connectivity index (χ2n) is 3.19. The van der Waals surface area contributed by atoms with Gasteiger partial charge in [-0.25, -0.2) is 4.98 Å². The van der Waals surface area contributed by atoms with Crippen LogP contribution < -0.4 is 0 Å². The monoisotopic (exact) mass is 218 g/mol. The summed E-state index contributed by atoms with van der Waals surface area (Å²) in [6, 6.07) is 8.18. The van der Waals surface area contributed by atoms with Crippen LogP contribution in [0.25, 0.3) is 10.6 Å². The molecule has 4 heteroatoms. The summed E-state index contributed by atoms with van der Waals surface area (Å²) in [7, 11) is 0. The molecule has 1 heterocycles.